The van der Waals surface area contributed by atoms with Crippen LogP contribution in [0, 0.1) is 0 Å². The number of amides is 2. The molecular formula is C22H23Cl2N3O4S. The number of thiocarbonyl (C=S) groups is 1. The number of benzene rings is 2. The summed E-state index contributed by atoms with van der Waals surface area (Å²) in [5, 5.41) is 6.70. The van der Waals surface area contributed by atoms with Gasteiger partial charge in [0, 0.05) is 35.8 Å². The van der Waals surface area contributed by atoms with E-state index in [0.717, 1.165) is 0 Å². The molecule has 0 aromatic heterocycles. The fourth-order valence-corrected chi connectivity index (χ4v) is 3.70. The minimum Gasteiger partial charge on any atom is -0.492 e. The first-order valence-corrected chi connectivity index (χ1v) is 11.2. The molecule has 2 amide bonds. The largest absolute Gasteiger partial charge is 0.492 e. The second-order valence-corrected chi connectivity index (χ2v) is 8.26. The minimum absolute atomic E-state index is 0.0298. The van der Waals surface area contributed by atoms with Gasteiger partial charge in [-0.05, 0) is 61.1 Å². The maximum Gasteiger partial charge on any atom is 0.254 e. The van der Waals surface area contributed by atoms with Gasteiger partial charge in [-0.25, -0.2) is 0 Å². The Morgan fingerprint density at radius 2 is 1.81 bits per heavy atom. The fraction of sp³-hybridized carbons (Fsp3) is 0.318. The Morgan fingerprint density at radius 1 is 1.09 bits per heavy atom. The molecular weight excluding hydrogens is 473 g/mol. The summed E-state index contributed by atoms with van der Waals surface area (Å²) in [6.07, 6.45) is 0.728. The molecule has 1 aliphatic heterocycles. The van der Waals surface area contributed by atoms with Crippen molar-refractivity contribution in [2.24, 2.45) is 0 Å². The van der Waals surface area contributed by atoms with Crippen LogP contribution < -0.4 is 15.4 Å². The zero-order chi connectivity index (χ0) is 22.9. The van der Waals surface area contributed by atoms with E-state index in [0.29, 0.717) is 66.4 Å². The molecule has 0 spiro atoms. The van der Waals surface area contributed by atoms with Gasteiger partial charge in [0.1, 0.15) is 5.75 Å². The number of nitrogens with one attached hydrogen (secondary N) is 2. The van der Waals surface area contributed by atoms with E-state index in [1.54, 1.807) is 47.4 Å². The number of halogens is 2. The molecule has 0 bridgehead atoms. The van der Waals surface area contributed by atoms with Crippen molar-refractivity contribution in [2.45, 2.75) is 12.8 Å². The number of carbonyl (C=O) groups excluding carboxylic acids is 2. The lowest BCUT2D eigenvalue weighted by Gasteiger charge is -2.26. The summed E-state index contributed by atoms with van der Waals surface area (Å²) in [5.74, 6) is 0.259. The first kappa shape index (κ1) is 24.3. The van der Waals surface area contributed by atoms with Crippen molar-refractivity contribution in [3.05, 3.63) is 58.1 Å². The van der Waals surface area contributed by atoms with Crippen LogP contribution in [0.25, 0.3) is 0 Å². The second kappa shape index (κ2) is 12.0. The van der Waals surface area contributed by atoms with Gasteiger partial charge in [0.25, 0.3) is 5.91 Å². The van der Waals surface area contributed by atoms with Gasteiger partial charge in [0.05, 0.1) is 24.8 Å². The zero-order valence-electron chi connectivity index (χ0n) is 17.2. The summed E-state index contributed by atoms with van der Waals surface area (Å²) in [6.45, 7) is 2.62. The first-order chi connectivity index (χ1) is 15.4. The van der Waals surface area contributed by atoms with E-state index in [4.69, 9.17) is 44.9 Å². The lowest BCUT2D eigenvalue weighted by atomic mass is 10.1. The predicted octanol–water partition coefficient (Wildman–Crippen LogP) is 4.14. The van der Waals surface area contributed by atoms with Gasteiger partial charge in [-0.2, -0.15) is 0 Å². The number of anilines is 1. The molecule has 0 unspecified atom stereocenters. The van der Waals surface area contributed by atoms with Gasteiger partial charge in [-0.1, -0.05) is 23.2 Å². The molecule has 170 valence electrons. The van der Waals surface area contributed by atoms with Crippen molar-refractivity contribution < 1.29 is 19.1 Å². The molecule has 10 heteroatoms. The van der Waals surface area contributed by atoms with Gasteiger partial charge in [0.15, 0.2) is 5.11 Å². The minimum atomic E-state index is -0.229. The van der Waals surface area contributed by atoms with Crippen LogP contribution >= 0.6 is 35.4 Å². The SMILES string of the molecule is O=C(CCCOc1ccc(Cl)cc1Cl)NC(=S)Nc1ccc(C(=O)N2CCOCC2)cc1. The average Bonchev–Trinajstić information content (AvgIpc) is 2.78. The predicted molar refractivity (Wildman–Crippen MR) is 129 cm³/mol. The van der Waals surface area contributed by atoms with Crippen molar-refractivity contribution in [1.29, 1.82) is 0 Å². The summed E-state index contributed by atoms with van der Waals surface area (Å²) < 4.78 is 10.8. The number of rotatable bonds is 7. The highest BCUT2D eigenvalue weighted by Crippen LogP contribution is 2.27. The van der Waals surface area contributed by atoms with Gasteiger partial charge in [-0.15, -0.1) is 0 Å². The second-order valence-electron chi connectivity index (χ2n) is 7.01. The van der Waals surface area contributed by atoms with Gasteiger partial charge in [-0.3, -0.25) is 9.59 Å². The molecule has 2 N–H and O–H groups in total. The van der Waals surface area contributed by atoms with Crippen LogP contribution in [-0.2, 0) is 9.53 Å². The van der Waals surface area contributed by atoms with E-state index >= 15 is 0 Å². The maximum atomic E-state index is 12.5. The Morgan fingerprint density at radius 3 is 2.50 bits per heavy atom. The van der Waals surface area contributed by atoms with Crippen molar-refractivity contribution in [3.8, 4) is 5.75 Å². The van der Waals surface area contributed by atoms with Crippen LogP contribution in [0.1, 0.15) is 23.2 Å². The average molecular weight is 496 g/mol. The Bertz CT molecular complexity index is 966. The molecule has 7 nitrogen and oxygen atoms in total. The summed E-state index contributed by atoms with van der Waals surface area (Å²) in [7, 11) is 0. The molecule has 3 rings (SSSR count). The summed E-state index contributed by atoms with van der Waals surface area (Å²) >= 11 is 17.1. The molecule has 0 radical (unpaired) electrons. The molecule has 32 heavy (non-hydrogen) atoms. The third-order valence-electron chi connectivity index (χ3n) is 4.64. The molecule has 1 heterocycles. The van der Waals surface area contributed by atoms with Crippen LogP contribution in [0.2, 0.25) is 10.0 Å². The van der Waals surface area contributed by atoms with E-state index in [2.05, 4.69) is 10.6 Å². The van der Waals surface area contributed by atoms with E-state index in [9.17, 15) is 9.59 Å². The molecule has 1 fully saturated rings. The quantitative estimate of drug-likeness (QED) is 0.443. The number of ether oxygens (including phenoxy) is 2. The summed E-state index contributed by atoms with van der Waals surface area (Å²) in [4.78, 5) is 26.3. The highest BCUT2D eigenvalue weighted by molar-refractivity contribution is 7.80. The fourth-order valence-electron chi connectivity index (χ4n) is 3.00. The highest BCUT2D eigenvalue weighted by atomic mass is 35.5. The summed E-state index contributed by atoms with van der Waals surface area (Å²) in [6, 6.07) is 11.9. The number of carbonyl (C=O) groups is 2. The lowest BCUT2D eigenvalue weighted by molar-refractivity contribution is -0.119. The third kappa shape index (κ3) is 7.34. The van der Waals surface area contributed by atoms with Crippen LogP contribution in [-0.4, -0.2) is 54.7 Å². The van der Waals surface area contributed by atoms with Crippen molar-refractivity contribution in [1.82, 2.24) is 10.2 Å². The Hall–Kier alpha value is -2.39. The molecule has 1 aliphatic rings. The maximum absolute atomic E-state index is 12.5. The van der Waals surface area contributed by atoms with Gasteiger partial charge >= 0.3 is 0 Å². The summed E-state index contributed by atoms with van der Waals surface area (Å²) in [5.41, 5.74) is 1.27. The molecule has 2 aromatic carbocycles. The van der Waals surface area contributed by atoms with E-state index < -0.39 is 0 Å². The van der Waals surface area contributed by atoms with Gasteiger partial charge in [0.2, 0.25) is 5.91 Å². The third-order valence-corrected chi connectivity index (χ3v) is 5.38. The van der Waals surface area contributed by atoms with Crippen molar-refractivity contribution in [3.63, 3.8) is 0 Å². The Balaban J connectivity index is 1.38. The molecule has 0 aliphatic carbocycles. The Labute approximate surface area is 202 Å². The molecule has 2 aromatic rings. The lowest BCUT2D eigenvalue weighted by Crippen LogP contribution is -2.40. The standard InChI is InChI=1S/C22H23Cl2N3O4S/c23-16-5-8-19(18(24)14-16)31-11-1-2-20(28)26-22(32)25-17-6-3-15(4-7-17)21(29)27-9-12-30-13-10-27/h3-8,14H,1-2,9-13H2,(H2,25,26,28,32). The number of hydrogen-bond acceptors (Lipinski definition) is 5. The normalized spacial score (nSPS) is 13.4. The topological polar surface area (TPSA) is 79.9 Å². The number of hydrogen-bond donors (Lipinski definition) is 2. The molecule has 0 atom stereocenters. The van der Waals surface area contributed by atoms with Crippen molar-refractivity contribution in [2.75, 3.05) is 38.2 Å². The monoisotopic (exact) mass is 495 g/mol. The van der Waals surface area contributed by atoms with Crippen LogP contribution in [0.3, 0.4) is 0 Å². The molecule has 1 saturated heterocycles. The van der Waals surface area contributed by atoms with E-state index in [-0.39, 0.29) is 23.3 Å². The number of nitrogens with zero attached hydrogens (tertiary/aromatic N) is 1. The van der Waals surface area contributed by atoms with Gasteiger partial charge < -0.3 is 25.0 Å². The zero-order valence-corrected chi connectivity index (χ0v) is 19.6. The van der Waals surface area contributed by atoms with Crippen LogP contribution in [0.5, 0.6) is 5.75 Å². The first-order valence-electron chi connectivity index (χ1n) is 10.1. The smallest absolute Gasteiger partial charge is 0.254 e. The van der Waals surface area contributed by atoms with E-state index in [1.807, 2.05) is 0 Å². The van der Waals surface area contributed by atoms with E-state index in [1.165, 1.54) is 0 Å². The highest BCUT2D eigenvalue weighted by Gasteiger charge is 2.18. The van der Waals surface area contributed by atoms with Crippen LogP contribution in [0.4, 0.5) is 5.69 Å². The van der Waals surface area contributed by atoms with Crippen molar-refractivity contribution >= 4 is 58.0 Å². The molecule has 0 saturated carbocycles. The Kier molecular flexibility index (Phi) is 9.11. The number of morpholine rings is 1. The van der Waals surface area contributed by atoms with Crippen LogP contribution in [0.15, 0.2) is 42.5 Å².